The van der Waals surface area contributed by atoms with E-state index in [-0.39, 0.29) is 6.42 Å². The number of hydrogen-bond acceptors (Lipinski definition) is 4. The van der Waals surface area contributed by atoms with Crippen LogP contribution in [0.2, 0.25) is 0 Å². The molecule has 28 heavy (non-hydrogen) atoms. The Morgan fingerprint density at radius 3 is 2.46 bits per heavy atom. The van der Waals surface area contributed by atoms with Gasteiger partial charge in [-0.05, 0) is 41.0 Å². The van der Waals surface area contributed by atoms with Gasteiger partial charge < -0.3 is 21.5 Å². The van der Waals surface area contributed by atoms with Gasteiger partial charge >= 0.3 is 6.09 Å². The SMILES string of the molecule is Nc1cc(-c2cccc(NC(=O)[C@H](Cc3ccccc3)NC(=O)O)c2)ccn1. The fourth-order valence-electron chi connectivity index (χ4n) is 2.84. The molecular weight excluding hydrogens is 356 g/mol. The molecule has 3 rings (SSSR count). The van der Waals surface area contributed by atoms with E-state index < -0.39 is 18.0 Å². The first-order valence-electron chi connectivity index (χ1n) is 8.67. The van der Waals surface area contributed by atoms with Gasteiger partial charge in [0, 0.05) is 18.3 Å². The van der Waals surface area contributed by atoms with Crippen molar-refractivity contribution in [1.29, 1.82) is 0 Å². The van der Waals surface area contributed by atoms with E-state index in [4.69, 9.17) is 10.8 Å². The average Bonchev–Trinajstić information content (AvgIpc) is 2.68. The van der Waals surface area contributed by atoms with Crippen molar-refractivity contribution >= 4 is 23.5 Å². The molecule has 0 spiro atoms. The Kier molecular flexibility index (Phi) is 5.86. The lowest BCUT2D eigenvalue weighted by molar-refractivity contribution is -0.118. The summed E-state index contributed by atoms with van der Waals surface area (Å²) in [5.41, 5.74) is 8.87. The standard InChI is InChI=1S/C21H20N4O3/c22-19-13-16(9-10-23-19)15-7-4-8-17(12-15)24-20(26)18(25-21(27)28)11-14-5-2-1-3-6-14/h1-10,12-13,18,25H,11H2,(H2,22,23)(H,24,26)(H,27,28)/t18-/m0/s1. The van der Waals surface area contributed by atoms with Gasteiger partial charge in [0.25, 0.3) is 0 Å². The van der Waals surface area contributed by atoms with E-state index in [1.807, 2.05) is 42.5 Å². The molecule has 2 amide bonds. The quantitative estimate of drug-likeness (QED) is 0.527. The van der Waals surface area contributed by atoms with Crippen LogP contribution in [0, 0.1) is 0 Å². The van der Waals surface area contributed by atoms with Crippen LogP contribution in [0.25, 0.3) is 11.1 Å². The maximum absolute atomic E-state index is 12.7. The molecule has 1 heterocycles. The third-order valence-corrected chi connectivity index (χ3v) is 4.14. The summed E-state index contributed by atoms with van der Waals surface area (Å²) in [6, 6.07) is 19.1. The van der Waals surface area contributed by atoms with Gasteiger partial charge in [0.2, 0.25) is 5.91 Å². The normalized spacial score (nSPS) is 11.4. The number of nitrogens with one attached hydrogen (secondary N) is 2. The van der Waals surface area contributed by atoms with E-state index in [1.54, 1.807) is 30.5 Å². The number of carbonyl (C=O) groups is 2. The van der Waals surface area contributed by atoms with Gasteiger partial charge in [-0.1, -0.05) is 42.5 Å². The Labute approximate surface area is 162 Å². The second-order valence-electron chi connectivity index (χ2n) is 6.23. The molecule has 0 saturated carbocycles. The second kappa shape index (κ2) is 8.68. The molecule has 7 nitrogen and oxygen atoms in total. The molecule has 0 radical (unpaired) electrons. The van der Waals surface area contributed by atoms with E-state index in [0.29, 0.717) is 11.5 Å². The summed E-state index contributed by atoms with van der Waals surface area (Å²) < 4.78 is 0. The summed E-state index contributed by atoms with van der Waals surface area (Å²) in [7, 11) is 0. The summed E-state index contributed by atoms with van der Waals surface area (Å²) in [5.74, 6) is -0.0295. The topological polar surface area (TPSA) is 117 Å². The van der Waals surface area contributed by atoms with Crippen LogP contribution in [0.4, 0.5) is 16.3 Å². The van der Waals surface area contributed by atoms with Crippen LogP contribution in [-0.4, -0.2) is 28.1 Å². The first-order valence-corrected chi connectivity index (χ1v) is 8.67. The number of carbonyl (C=O) groups excluding carboxylic acids is 1. The Bertz CT molecular complexity index is 976. The Hall–Kier alpha value is -3.87. The first-order chi connectivity index (χ1) is 13.5. The third kappa shape index (κ3) is 5.07. The van der Waals surface area contributed by atoms with Crippen molar-refractivity contribution in [2.24, 2.45) is 0 Å². The van der Waals surface area contributed by atoms with Gasteiger partial charge in [0.1, 0.15) is 11.9 Å². The lowest BCUT2D eigenvalue weighted by atomic mass is 10.0. The van der Waals surface area contributed by atoms with Crippen molar-refractivity contribution in [3.63, 3.8) is 0 Å². The summed E-state index contributed by atoms with van der Waals surface area (Å²) in [5, 5.41) is 14.1. The number of nitrogens with two attached hydrogens (primary N) is 1. The third-order valence-electron chi connectivity index (χ3n) is 4.14. The van der Waals surface area contributed by atoms with Crippen molar-refractivity contribution in [2.75, 3.05) is 11.1 Å². The highest BCUT2D eigenvalue weighted by Crippen LogP contribution is 2.23. The van der Waals surface area contributed by atoms with Gasteiger partial charge in [0.15, 0.2) is 0 Å². The molecule has 0 aliphatic carbocycles. The van der Waals surface area contributed by atoms with Crippen LogP contribution in [0.5, 0.6) is 0 Å². The zero-order chi connectivity index (χ0) is 19.9. The van der Waals surface area contributed by atoms with E-state index in [0.717, 1.165) is 16.7 Å². The maximum atomic E-state index is 12.7. The van der Waals surface area contributed by atoms with Gasteiger partial charge in [0.05, 0.1) is 0 Å². The molecule has 7 heteroatoms. The number of hydrogen-bond donors (Lipinski definition) is 4. The molecule has 0 bridgehead atoms. The summed E-state index contributed by atoms with van der Waals surface area (Å²) in [6.07, 6.45) is 0.611. The molecule has 0 unspecified atom stereocenters. The molecule has 0 aliphatic rings. The molecule has 2 aromatic carbocycles. The maximum Gasteiger partial charge on any atom is 0.405 e. The Balaban J connectivity index is 1.77. The van der Waals surface area contributed by atoms with Crippen molar-refractivity contribution in [3.05, 3.63) is 78.5 Å². The first kappa shape index (κ1) is 18.9. The van der Waals surface area contributed by atoms with Gasteiger partial charge in [-0.15, -0.1) is 0 Å². The van der Waals surface area contributed by atoms with E-state index in [2.05, 4.69) is 15.6 Å². The molecule has 0 fully saturated rings. The number of aromatic nitrogens is 1. The summed E-state index contributed by atoms with van der Waals surface area (Å²) in [6.45, 7) is 0. The van der Waals surface area contributed by atoms with Crippen LogP contribution in [-0.2, 0) is 11.2 Å². The Morgan fingerprint density at radius 1 is 1.00 bits per heavy atom. The predicted molar refractivity (Wildman–Crippen MR) is 108 cm³/mol. The number of pyridine rings is 1. The lowest BCUT2D eigenvalue weighted by Crippen LogP contribution is -2.44. The van der Waals surface area contributed by atoms with Gasteiger partial charge in [-0.25, -0.2) is 9.78 Å². The monoisotopic (exact) mass is 376 g/mol. The highest BCUT2D eigenvalue weighted by molar-refractivity contribution is 5.97. The van der Waals surface area contributed by atoms with E-state index in [9.17, 15) is 9.59 Å². The largest absolute Gasteiger partial charge is 0.465 e. The van der Waals surface area contributed by atoms with E-state index >= 15 is 0 Å². The van der Waals surface area contributed by atoms with Crippen LogP contribution in [0.15, 0.2) is 72.9 Å². The highest BCUT2D eigenvalue weighted by Gasteiger charge is 2.21. The zero-order valence-corrected chi connectivity index (χ0v) is 15.0. The Morgan fingerprint density at radius 2 is 1.75 bits per heavy atom. The summed E-state index contributed by atoms with van der Waals surface area (Å²) >= 11 is 0. The van der Waals surface area contributed by atoms with Crippen LogP contribution in [0.3, 0.4) is 0 Å². The molecule has 142 valence electrons. The highest BCUT2D eigenvalue weighted by atomic mass is 16.4. The second-order valence-corrected chi connectivity index (χ2v) is 6.23. The number of nitrogens with zero attached hydrogens (tertiary/aromatic N) is 1. The van der Waals surface area contributed by atoms with Crippen LogP contribution in [0.1, 0.15) is 5.56 Å². The number of benzene rings is 2. The molecule has 0 aliphatic heterocycles. The fraction of sp³-hybridized carbons (Fsp3) is 0.0952. The van der Waals surface area contributed by atoms with Crippen LogP contribution >= 0.6 is 0 Å². The molecular formula is C21H20N4O3. The summed E-state index contributed by atoms with van der Waals surface area (Å²) in [4.78, 5) is 27.8. The van der Waals surface area contributed by atoms with Crippen molar-refractivity contribution < 1.29 is 14.7 Å². The molecule has 1 aromatic heterocycles. The minimum Gasteiger partial charge on any atom is -0.465 e. The molecule has 3 aromatic rings. The number of nitrogen functional groups attached to an aromatic ring is 1. The van der Waals surface area contributed by atoms with Crippen molar-refractivity contribution in [2.45, 2.75) is 12.5 Å². The van der Waals surface area contributed by atoms with Crippen molar-refractivity contribution in [1.82, 2.24) is 10.3 Å². The molecule has 1 atom stereocenters. The number of amides is 2. The average molecular weight is 376 g/mol. The molecule has 5 N–H and O–H groups in total. The van der Waals surface area contributed by atoms with Crippen molar-refractivity contribution in [3.8, 4) is 11.1 Å². The smallest absolute Gasteiger partial charge is 0.405 e. The van der Waals surface area contributed by atoms with Gasteiger partial charge in [-0.3, -0.25) is 4.79 Å². The number of anilines is 2. The van der Waals surface area contributed by atoms with Crippen LogP contribution < -0.4 is 16.4 Å². The number of carboxylic acid groups (broad SMARTS) is 1. The minimum atomic E-state index is -1.25. The number of rotatable bonds is 6. The van der Waals surface area contributed by atoms with E-state index in [1.165, 1.54) is 0 Å². The predicted octanol–water partition coefficient (Wildman–Crippen LogP) is 3.15. The fourth-order valence-corrected chi connectivity index (χ4v) is 2.84. The lowest BCUT2D eigenvalue weighted by Gasteiger charge is -2.17. The zero-order valence-electron chi connectivity index (χ0n) is 15.0. The van der Waals surface area contributed by atoms with Gasteiger partial charge in [-0.2, -0.15) is 0 Å². The minimum absolute atomic E-state index is 0.250. The molecule has 0 saturated heterocycles.